The summed E-state index contributed by atoms with van der Waals surface area (Å²) in [7, 11) is 0. The van der Waals surface area contributed by atoms with Gasteiger partial charge >= 0.3 is 6.09 Å². The third kappa shape index (κ3) is 4.23. The van der Waals surface area contributed by atoms with Crippen molar-refractivity contribution in [3.63, 3.8) is 0 Å². The quantitative estimate of drug-likeness (QED) is 0.877. The van der Waals surface area contributed by atoms with E-state index in [0.717, 1.165) is 18.9 Å². The standard InChI is InChI=1S/C18H26N2O2/c1-18(2,3)22-17(21)20-16-10-15(16)19-11-13-6-4-5-7-14(13)12-8-9-12/h4-7,12,15-16,19H,8-11H2,1-3H3,(H,20,21). The maximum Gasteiger partial charge on any atom is 0.407 e. The van der Waals surface area contributed by atoms with Crippen LogP contribution in [0.4, 0.5) is 4.79 Å². The van der Waals surface area contributed by atoms with E-state index in [1.54, 1.807) is 0 Å². The van der Waals surface area contributed by atoms with Crippen LogP contribution < -0.4 is 10.6 Å². The Morgan fingerprint density at radius 2 is 1.95 bits per heavy atom. The van der Waals surface area contributed by atoms with Gasteiger partial charge in [0.25, 0.3) is 0 Å². The van der Waals surface area contributed by atoms with Crippen LogP contribution >= 0.6 is 0 Å². The number of amides is 1. The maximum absolute atomic E-state index is 11.7. The molecule has 2 fully saturated rings. The molecule has 2 unspecified atom stereocenters. The Labute approximate surface area is 132 Å². The summed E-state index contributed by atoms with van der Waals surface area (Å²) in [5, 5.41) is 6.47. The van der Waals surface area contributed by atoms with E-state index in [9.17, 15) is 4.79 Å². The normalized spacial score (nSPS) is 24.0. The second-order valence-electron chi connectivity index (χ2n) is 7.45. The van der Waals surface area contributed by atoms with Crippen LogP contribution in [0.2, 0.25) is 0 Å². The van der Waals surface area contributed by atoms with Gasteiger partial charge in [-0.1, -0.05) is 24.3 Å². The first kappa shape index (κ1) is 15.3. The van der Waals surface area contributed by atoms with Gasteiger partial charge in [0.2, 0.25) is 0 Å². The van der Waals surface area contributed by atoms with Crippen LogP contribution in [-0.4, -0.2) is 23.8 Å². The molecule has 2 aliphatic rings. The van der Waals surface area contributed by atoms with Crippen LogP contribution in [0.5, 0.6) is 0 Å². The summed E-state index contributed by atoms with van der Waals surface area (Å²) in [5.74, 6) is 0.771. The van der Waals surface area contributed by atoms with Gasteiger partial charge in [-0.3, -0.25) is 0 Å². The monoisotopic (exact) mass is 302 g/mol. The fraction of sp³-hybridized carbons (Fsp3) is 0.611. The van der Waals surface area contributed by atoms with Crippen LogP contribution in [0.1, 0.15) is 57.1 Å². The summed E-state index contributed by atoms with van der Waals surface area (Å²) in [6.07, 6.45) is 3.30. The first-order valence-electron chi connectivity index (χ1n) is 8.23. The van der Waals surface area contributed by atoms with Crippen LogP contribution in [-0.2, 0) is 11.3 Å². The largest absolute Gasteiger partial charge is 0.444 e. The highest BCUT2D eigenvalue weighted by Gasteiger charge is 2.39. The summed E-state index contributed by atoms with van der Waals surface area (Å²) in [4.78, 5) is 11.7. The zero-order valence-corrected chi connectivity index (χ0v) is 13.7. The molecule has 0 heterocycles. The summed E-state index contributed by atoms with van der Waals surface area (Å²) in [6, 6.07) is 9.24. The van der Waals surface area contributed by atoms with Gasteiger partial charge in [-0.15, -0.1) is 0 Å². The Kier molecular flexibility index (Phi) is 4.13. The Bertz CT molecular complexity index is 546. The van der Waals surface area contributed by atoms with Gasteiger partial charge in [-0.25, -0.2) is 4.79 Å². The lowest BCUT2D eigenvalue weighted by Gasteiger charge is -2.19. The van der Waals surface area contributed by atoms with E-state index in [0.29, 0.717) is 6.04 Å². The molecule has 2 atom stereocenters. The number of ether oxygens (including phenoxy) is 1. The van der Waals surface area contributed by atoms with Crippen molar-refractivity contribution in [2.24, 2.45) is 0 Å². The Morgan fingerprint density at radius 3 is 2.64 bits per heavy atom. The number of hydrogen-bond donors (Lipinski definition) is 2. The van der Waals surface area contributed by atoms with Gasteiger partial charge in [0, 0.05) is 18.6 Å². The Morgan fingerprint density at radius 1 is 1.23 bits per heavy atom. The van der Waals surface area contributed by atoms with Crippen molar-refractivity contribution >= 4 is 6.09 Å². The molecule has 22 heavy (non-hydrogen) atoms. The minimum atomic E-state index is -0.439. The van der Waals surface area contributed by atoms with Crippen molar-refractivity contribution in [1.29, 1.82) is 0 Å². The SMILES string of the molecule is CC(C)(C)OC(=O)NC1CC1NCc1ccccc1C1CC1. The van der Waals surface area contributed by atoms with E-state index in [4.69, 9.17) is 4.74 Å². The number of nitrogens with one attached hydrogen (secondary N) is 2. The number of hydrogen-bond acceptors (Lipinski definition) is 3. The zero-order chi connectivity index (χ0) is 15.7. The lowest BCUT2D eigenvalue weighted by Crippen LogP contribution is -2.36. The minimum Gasteiger partial charge on any atom is -0.444 e. The van der Waals surface area contributed by atoms with Crippen LogP contribution in [0.15, 0.2) is 24.3 Å². The van der Waals surface area contributed by atoms with E-state index in [1.807, 2.05) is 20.8 Å². The molecule has 0 aliphatic heterocycles. The van der Waals surface area contributed by atoms with Gasteiger partial charge in [-0.05, 0) is 57.1 Å². The van der Waals surface area contributed by atoms with Crippen molar-refractivity contribution in [1.82, 2.24) is 10.6 Å². The highest BCUT2D eigenvalue weighted by atomic mass is 16.6. The topological polar surface area (TPSA) is 50.4 Å². The highest BCUT2D eigenvalue weighted by molar-refractivity contribution is 5.68. The molecule has 0 bridgehead atoms. The number of benzene rings is 1. The number of rotatable bonds is 5. The lowest BCUT2D eigenvalue weighted by molar-refractivity contribution is 0.0522. The molecule has 0 spiro atoms. The molecule has 2 aliphatic carbocycles. The lowest BCUT2D eigenvalue weighted by atomic mass is 10.0. The Hall–Kier alpha value is -1.55. The number of alkyl carbamates (subject to hydrolysis) is 1. The van der Waals surface area contributed by atoms with Crippen LogP contribution in [0, 0.1) is 0 Å². The first-order chi connectivity index (χ1) is 10.4. The summed E-state index contributed by atoms with van der Waals surface area (Å²) < 4.78 is 5.28. The predicted octanol–water partition coefficient (Wildman–Crippen LogP) is 3.32. The molecule has 1 aromatic carbocycles. The van der Waals surface area contributed by atoms with Crippen molar-refractivity contribution in [2.75, 3.05) is 0 Å². The fourth-order valence-corrected chi connectivity index (χ4v) is 2.77. The van der Waals surface area contributed by atoms with Gasteiger partial charge < -0.3 is 15.4 Å². The van der Waals surface area contributed by atoms with E-state index in [1.165, 1.54) is 24.0 Å². The van der Waals surface area contributed by atoms with Crippen LogP contribution in [0.3, 0.4) is 0 Å². The number of carbonyl (C=O) groups is 1. The molecule has 1 amide bonds. The van der Waals surface area contributed by atoms with E-state index in [2.05, 4.69) is 34.9 Å². The van der Waals surface area contributed by atoms with E-state index in [-0.39, 0.29) is 12.1 Å². The molecule has 1 aromatic rings. The molecular formula is C18H26N2O2. The van der Waals surface area contributed by atoms with Crippen molar-refractivity contribution in [3.05, 3.63) is 35.4 Å². The first-order valence-corrected chi connectivity index (χ1v) is 8.23. The van der Waals surface area contributed by atoms with Gasteiger partial charge in [0.1, 0.15) is 5.60 Å². The molecule has 0 radical (unpaired) electrons. The average Bonchev–Trinajstić information content (AvgIpc) is 3.30. The molecule has 4 nitrogen and oxygen atoms in total. The summed E-state index contributed by atoms with van der Waals surface area (Å²) in [6.45, 7) is 6.52. The molecule has 120 valence electrons. The summed E-state index contributed by atoms with van der Waals surface area (Å²) >= 11 is 0. The van der Waals surface area contributed by atoms with Crippen LogP contribution in [0.25, 0.3) is 0 Å². The third-order valence-corrected chi connectivity index (χ3v) is 4.12. The molecule has 3 rings (SSSR count). The van der Waals surface area contributed by atoms with Gasteiger partial charge in [-0.2, -0.15) is 0 Å². The second kappa shape index (κ2) is 5.92. The Balaban J connectivity index is 1.44. The molecule has 0 saturated heterocycles. The maximum atomic E-state index is 11.7. The predicted molar refractivity (Wildman–Crippen MR) is 86.8 cm³/mol. The zero-order valence-electron chi connectivity index (χ0n) is 13.7. The molecule has 4 heteroatoms. The van der Waals surface area contributed by atoms with Crippen molar-refractivity contribution < 1.29 is 9.53 Å². The fourth-order valence-electron chi connectivity index (χ4n) is 2.77. The third-order valence-electron chi connectivity index (χ3n) is 4.12. The van der Waals surface area contributed by atoms with E-state index >= 15 is 0 Å². The van der Waals surface area contributed by atoms with Gasteiger partial charge in [0.05, 0.1) is 0 Å². The van der Waals surface area contributed by atoms with E-state index < -0.39 is 5.60 Å². The minimum absolute atomic E-state index is 0.197. The molecular weight excluding hydrogens is 276 g/mol. The van der Waals surface area contributed by atoms with Gasteiger partial charge in [0.15, 0.2) is 0 Å². The smallest absolute Gasteiger partial charge is 0.407 e. The van der Waals surface area contributed by atoms with Crippen molar-refractivity contribution in [3.8, 4) is 0 Å². The second-order valence-corrected chi connectivity index (χ2v) is 7.45. The molecule has 2 saturated carbocycles. The highest BCUT2D eigenvalue weighted by Crippen LogP contribution is 2.41. The average molecular weight is 302 g/mol. The molecule has 2 N–H and O–H groups in total. The summed E-state index contributed by atoms with van der Waals surface area (Å²) in [5.41, 5.74) is 2.45. The molecule has 0 aromatic heterocycles. The number of carbonyl (C=O) groups excluding carboxylic acids is 1. The van der Waals surface area contributed by atoms with Crippen molar-refractivity contribution in [2.45, 2.75) is 70.2 Å².